The lowest BCUT2D eigenvalue weighted by atomic mass is 10.2. The van der Waals surface area contributed by atoms with Gasteiger partial charge in [-0.25, -0.2) is 4.68 Å². The molecule has 0 aliphatic rings. The molecule has 0 atom stereocenters. The monoisotopic (exact) mass is 200 g/mol. The van der Waals surface area contributed by atoms with Crippen molar-refractivity contribution in [1.29, 1.82) is 0 Å². The number of benzene rings is 1. The summed E-state index contributed by atoms with van der Waals surface area (Å²) in [5.74, 6) is 0. The number of nitrogens with zero attached hydrogens (tertiary/aromatic N) is 2. The molecule has 2 aromatic rings. The molecule has 0 saturated heterocycles. The second kappa shape index (κ2) is 4.09. The summed E-state index contributed by atoms with van der Waals surface area (Å²) in [5, 5.41) is 5.71. The van der Waals surface area contributed by atoms with Gasteiger partial charge in [0.05, 0.1) is 11.6 Å². The Labute approximate surface area is 87.7 Å². The van der Waals surface area contributed by atoms with Crippen LogP contribution in [0.2, 0.25) is 0 Å². The molecule has 0 spiro atoms. The quantitative estimate of drug-likeness (QED) is 0.710. The van der Waals surface area contributed by atoms with Crippen molar-refractivity contribution in [1.82, 2.24) is 9.78 Å². The Kier molecular flexibility index (Phi) is 2.63. The maximum atomic E-state index is 11.9. The molecule has 0 saturated carbocycles. The summed E-state index contributed by atoms with van der Waals surface area (Å²) in [4.78, 5) is 11.9. The van der Waals surface area contributed by atoms with E-state index in [1.807, 2.05) is 24.3 Å². The van der Waals surface area contributed by atoms with E-state index in [1.165, 1.54) is 4.68 Å². The summed E-state index contributed by atoms with van der Waals surface area (Å²) in [6, 6.07) is 7.48. The molecular weight excluding hydrogens is 188 g/mol. The number of allylic oxidation sites excluding steroid dienone is 1. The van der Waals surface area contributed by atoms with E-state index in [2.05, 4.69) is 11.7 Å². The van der Waals surface area contributed by atoms with Crippen LogP contribution in [-0.4, -0.2) is 9.78 Å². The highest BCUT2D eigenvalue weighted by Crippen LogP contribution is 2.06. The largest absolute Gasteiger partial charge is 0.274 e. The molecule has 0 radical (unpaired) electrons. The predicted octanol–water partition coefficient (Wildman–Crippen LogP) is 1.97. The van der Waals surface area contributed by atoms with E-state index in [1.54, 1.807) is 12.3 Å². The molecule has 3 nitrogen and oxygen atoms in total. The number of hydrogen-bond donors (Lipinski definition) is 0. The van der Waals surface area contributed by atoms with Gasteiger partial charge >= 0.3 is 0 Å². The van der Waals surface area contributed by atoms with E-state index in [0.29, 0.717) is 6.54 Å². The summed E-state index contributed by atoms with van der Waals surface area (Å²) in [6.07, 6.45) is 4.26. The molecule has 0 fully saturated rings. The first kappa shape index (κ1) is 9.65. The Balaban J connectivity index is 2.55. The smallest absolute Gasteiger partial charge is 0.267 e. The third kappa shape index (κ3) is 1.81. The summed E-state index contributed by atoms with van der Waals surface area (Å²) in [6.45, 7) is 4.22. The average Bonchev–Trinajstić information content (AvgIpc) is 2.29. The Bertz CT molecular complexity index is 543. The molecule has 0 aliphatic heterocycles. The van der Waals surface area contributed by atoms with Gasteiger partial charge < -0.3 is 0 Å². The second-order valence-corrected chi connectivity index (χ2v) is 3.34. The molecule has 1 aromatic heterocycles. The minimum Gasteiger partial charge on any atom is -0.267 e. The normalized spacial score (nSPS) is 10.4. The molecule has 1 heterocycles. The molecule has 0 amide bonds. The van der Waals surface area contributed by atoms with Crippen molar-refractivity contribution in [2.45, 2.75) is 13.0 Å². The van der Waals surface area contributed by atoms with Crippen molar-refractivity contribution in [3.63, 3.8) is 0 Å². The standard InChI is InChI=1S/C12H12N2O/c1-2-3-8-14-12(15)11-7-5-4-6-10(11)9-13-14/h2,4-7,9H,1,3,8H2. The fourth-order valence-corrected chi connectivity index (χ4v) is 1.50. The molecule has 0 aliphatic carbocycles. The van der Waals surface area contributed by atoms with Gasteiger partial charge in [-0.2, -0.15) is 5.10 Å². The molecule has 0 bridgehead atoms. The summed E-state index contributed by atoms with van der Waals surface area (Å²) in [5.41, 5.74) is -0.0325. The van der Waals surface area contributed by atoms with Gasteiger partial charge in [0.15, 0.2) is 0 Å². The maximum Gasteiger partial charge on any atom is 0.274 e. The van der Waals surface area contributed by atoms with E-state index < -0.39 is 0 Å². The van der Waals surface area contributed by atoms with Crippen LogP contribution in [0, 0.1) is 0 Å². The number of fused-ring (bicyclic) bond motifs is 1. The highest BCUT2D eigenvalue weighted by Gasteiger charge is 2.01. The first-order valence-corrected chi connectivity index (χ1v) is 4.88. The van der Waals surface area contributed by atoms with Crippen LogP contribution in [0.3, 0.4) is 0 Å². The topological polar surface area (TPSA) is 34.9 Å². The van der Waals surface area contributed by atoms with Gasteiger partial charge in [0.2, 0.25) is 0 Å². The third-order valence-corrected chi connectivity index (χ3v) is 2.31. The lowest BCUT2D eigenvalue weighted by Gasteiger charge is -2.03. The second-order valence-electron chi connectivity index (χ2n) is 3.34. The molecule has 76 valence electrons. The molecular formula is C12H12N2O. The molecule has 3 heteroatoms. The molecule has 2 rings (SSSR count). The van der Waals surface area contributed by atoms with Crippen LogP contribution >= 0.6 is 0 Å². The van der Waals surface area contributed by atoms with E-state index in [4.69, 9.17) is 0 Å². The zero-order chi connectivity index (χ0) is 10.7. The van der Waals surface area contributed by atoms with Gasteiger partial charge in [-0.15, -0.1) is 6.58 Å². The SMILES string of the molecule is C=CCCn1ncc2ccccc2c1=O. The first-order chi connectivity index (χ1) is 7.33. The molecule has 0 unspecified atom stereocenters. The fraction of sp³-hybridized carbons (Fsp3) is 0.167. The van der Waals surface area contributed by atoms with Crippen molar-refractivity contribution in [3.8, 4) is 0 Å². The Morgan fingerprint density at radius 2 is 2.20 bits per heavy atom. The fourth-order valence-electron chi connectivity index (χ4n) is 1.50. The van der Waals surface area contributed by atoms with Gasteiger partial charge in [0.1, 0.15) is 0 Å². The average molecular weight is 200 g/mol. The van der Waals surface area contributed by atoms with Gasteiger partial charge in [0, 0.05) is 11.9 Å². The number of hydrogen-bond acceptors (Lipinski definition) is 2. The zero-order valence-electron chi connectivity index (χ0n) is 8.39. The third-order valence-electron chi connectivity index (χ3n) is 2.31. The van der Waals surface area contributed by atoms with Crippen molar-refractivity contribution >= 4 is 10.8 Å². The van der Waals surface area contributed by atoms with Crippen LogP contribution in [0.1, 0.15) is 6.42 Å². The van der Waals surface area contributed by atoms with Gasteiger partial charge in [0.25, 0.3) is 5.56 Å². The van der Waals surface area contributed by atoms with Crippen LogP contribution in [0.5, 0.6) is 0 Å². The lowest BCUT2D eigenvalue weighted by Crippen LogP contribution is -2.22. The summed E-state index contributed by atoms with van der Waals surface area (Å²) < 4.78 is 1.48. The van der Waals surface area contributed by atoms with E-state index in [0.717, 1.165) is 17.2 Å². The number of aromatic nitrogens is 2. The van der Waals surface area contributed by atoms with Crippen LogP contribution in [0.15, 0.2) is 47.9 Å². The minimum absolute atomic E-state index is 0.0325. The highest BCUT2D eigenvalue weighted by atomic mass is 16.1. The lowest BCUT2D eigenvalue weighted by molar-refractivity contribution is 0.592. The number of aryl methyl sites for hydroxylation is 1. The highest BCUT2D eigenvalue weighted by molar-refractivity contribution is 5.80. The van der Waals surface area contributed by atoms with Crippen LogP contribution in [0.25, 0.3) is 10.8 Å². The predicted molar refractivity (Wildman–Crippen MR) is 60.8 cm³/mol. The first-order valence-electron chi connectivity index (χ1n) is 4.88. The van der Waals surface area contributed by atoms with E-state index in [9.17, 15) is 4.79 Å². The van der Waals surface area contributed by atoms with Crippen molar-refractivity contribution < 1.29 is 0 Å². The van der Waals surface area contributed by atoms with Crippen LogP contribution in [0.4, 0.5) is 0 Å². The maximum absolute atomic E-state index is 11.9. The van der Waals surface area contributed by atoms with Crippen LogP contribution in [-0.2, 0) is 6.54 Å². The van der Waals surface area contributed by atoms with Gasteiger partial charge in [-0.05, 0) is 12.5 Å². The number of rotatable bonds is 3. The minimum atomic E-state index is -0.0325. The van der Waals surface area contributed by atoms with Crippen molar-refractivity contribution in [2.75, 3.05) is 0 Å². The summed E-state index contributed by atoms with van der Waals surface area (Å²) in [7, 11) is 0. The molecule has 1 aromatic carbocycles. The Hall–Kier alpha value is -1.90. The van der Waals surface area contributed by atoms with E-state index >= 15 is 0 Å². The van der Waals surface area contributed by atoms with Gasteiger partial charge in [-0.3, -0.25) is 4.79 Å². The Morgan fingerprint density at radius 1 is 1.40 bits per heavy atom. The molecule has 15 heavy (non-hydrogen) atoms. The van der Waals surface area contributed by atoms with Crippen LogP contribution < -0.4 is 5.56 Å². The Morgan fingerprint density at radius 3 is 3.00 bits per heavy atom. The van der Waals surface area contributed by atoms with E-state index in [-0.39, 0.29) is 5.56 Å². The zero-order valence-corrected chi connectivity index (χ0v) is 8.39. The summed E-state index contributed by atoms with van der Waals surface area (Å²) >= 11 is 0. The van der Waals surface area contributed by atoms with Crippen molar-refractivity contribution in [2.24, 2.45) is 0 Å². The van der Waals surface area contributed by atoms with Crippen molar-refractivity contribution in [3.05, 3.63) is 53.5 Å². The van der Waals surface area contributed by atoms with Gasteiger partial charge in [-0.1, -0.05) is 24.3 Å². The molecule has 0 N–H and O–H groups in total.